The number of halogens is 2. The molecule has 0 radical (unpaired) electrons. The van der Waals surface area contributed by atoms with Crippen molar-refractivity contribution in [2.45, 2.75) is 44.2 Å². The summed E-state index contributed by atoms with van der Waals surface area (Å²) in [5.41, 5.74) is 2.09. The molecule has 2 N–H and O–H groups in total. The van der Waals surface area contributed by atoms with Gasteiger partial charge in [0.1, 0.15) is 18.5 Å². The zero-order valence-corrected chi connectivity index (χ0v) is 20.6. The number of aliphatic hydroxyl groups is 1. The summed E-state index contributed by atoms with van der Waals surface area (Å²) in [4.78, 5) is 0. The molecule has 0 amide bonds. The van der Waals surface area contributed by atoms with Crippen molar-refractivity contribution in [1.29, 1.82) is 5.26 Å². The minimum Gasteiger partial charge on any atom is -0.491 e. The van der Waals surface area contributed by atoms with Crippen LogP contribution in [-0.2, 0) is 0 Å². The Labute approximate surface area is 211 Å². The molecule has 1 atom stereocenters. The molecule has 178 valence electrons. The SMILES string of the molecule is N#C/C(=C\c1ccc(OCC(O)CNC2C3CC4CC(C3)CC2C4)cc1)c1ccc(Cl)c(Cl)c1. The van der Waals surface area contributed by atoms with Crippen molar-refractivity contribution in [3.63, 3.8) is 0 Å². The van der Waals surface area contributed by atoms with Gasteiger partial charge in [0.2, 0.25) is 0 Å². The van der Waals surface area contributed by atoms with Crippen LogP contribution in [-0.4, -0.2) is 30.4 Å². The van der Waals surface area contributed by atoms with E-state index in [9.17, 15) is 10.4 Å². The first-order valence-corrected chi connectivity index (χ1v) is 13.0. The van der Waals surface area contributed by atoms with Crippen LogP contribution in [0.3, 0.4) is 0 Å². The van der Waals surface area contributed by atoms with E-state index < -0.39 is 6.10 Å². The summed E-state index contributed by atoms with van der Waals surface area (Å²) < 4.78 is 5.82. The summed E-state index contributed by atoms with van der Waals surface area (Å²) in [6.45, 7) is 0.825. The van der Waals surface area contributed by atoms with Crippen LogP contribution in [0.25, 0.3) is 11.6 Å². The Morgan fingerprint density at radius 2 is 1.71 bits per heavy atom. The Morgan fingerprint density at radius 3 is 2.32 bits per heavy atom. The molecule has 1 unspecified atom stereocenters. The number of nitrogens with zero attached hydrogens (tertiary/aromatic N) is 1. The second-order valence-electron chi connectivity index (χ2n) is 10.2. The van der Waals surface area contributed by atoms with Gasteiger partial charge in [0.15, 0.2) is 0 Å². The Kier molecular flexibility index (Phi) is 7.18. The topological polar surface area (TPSA) is 65.3 Å². The molecule has 4 aliphatic carbocycles. The van der Waals surface area contributed by atoms with Crippen LogP contribution in [0.1, 0.15) is 43.2 Å². The van der Waals surface area contributed by atoms with Crippen LogP contribution < -0.4 is 10.1 Å². The highest BCUT2D eigenvalue weighted by Gasteiger charge is 2.47. The molecule has 0 spiro atoms. The van der Waals surface area contributed by atoms with Crippen molar-refractivity contribution in [2.24, 2.45) is 23.7 Å². The van der Waals surface area contributed by atoms with Crippen LogP contribution in [0, 0.1) is 35.0 Å². The van der Waals surface area contributed by atoms with Gasteiger partial charge in [-0.15, -0.1) is 0 Å². The second-order valence-corrected chi connectivity index (χ2v) is 11.0. The first-order valence-electron chi connectivity index (χ1n) is 12.2. The third-order valence-electron chi connectivity index (χ3n) is 7.80. The van der Waals surface area contributed by atoms with Crippen molar-refractivity contribution in [2.75, 3.05) is 13.2 Å². The number of aliphatic hydroxyl groups excluding tert-OH is 1. The van der Waals surface area contributed by atoms with Gasteiger partial charge in [0, 0.05) is 12.6 Å². The smallest absolute Gasteiger partial charge is 0.119 e. The number of allylic oxidation sites excluding steroid dienone is 1. The lowest BCUT2D eigenvalue weighted by Gasteiger charge is -2.54. The van der Waals surface area contributed by atoms with Crippen LogP contribution in [0.4, 0.5) is 0 Å². The Morgan fingerprint density at radius 1 is 1.03 bits per heavy atom. The molecule has 0 heterocycles. The van der Waals surface area contributed by atoms with E-state index in [0.717, 1.165) is 29.2 Å². The number of nitrogens with one attached hydrogen (secondary N) is 1. The quantitative estimate of drug-likeness (QED) is 0.336. The van der Waals surface area contributed by atoms with E-state index in [4.69, 9.17) is 27.9 Å². The fourth-order valence-corrected chi connectivity index (χ4v) is 6.75. The van der Waals surface area contributed by atoms with Crippen LogP contribution in [0.15, 0.2) is 42.5 Å². The monoisotopic (exact) mass is 496 g/mol. The Hall–Kier alpha value is -2.03. The maximum absolute atomic E-state index is 10.5. The molecule has 4 bridgehead atoms. The van der Waals surface area contributed by atoms with Gasteiger partial charge < -0.3 is 15.2 Å². The zero-order valence-electron chi connectivity index (χ0n) is 19.1. The number of rotatable bonds is 8. The molecular weight excluding hydrogens is 467 g/mol. The number of hydrogen-bond acceptors (Lipinski definition) is 4. The molecule has 34 heavy (non-hydrogen) atoms. The summed E-state index contributed by atoms with van der Waals surface area (Å²) in [6.07, 6.45) is 8.20. The third kappa shape index (κ3) is 5.29. The fraction of sp³-hybridized carbons (Fsp3) is 0.464. The number of ether oxygens (including phenoxy) is 1. The Balaban J connectivity index is 1.12. The second kappa shape index (κ2) is 10.3. The fourth-order valence-electron chi connectivity index (χ4n) is 6.45. The molecule has 4 fully saturated rings. The first-order chi connectivity index (χ1) is 16.5. The van der Waals surface area contributed by atoms with E-state index in [0.29, 0.717) is 39.5 Å². The van der Waals surface area contributed by atoms with Gasteiger partial charge in [-0.2, -0.15) is 5.26 Å². The molecule has 4 nitrogen and oxygen atoms in total. The van der Waals surface area contributed by atoms with Crippen molar-refractivity contribution in [3.05, 3.63) is 63.6 Å². The maximum atomic E-state index is 10.5. The Bertz CT molecular complexity index is 1060. The molecule has 4 saturated carbocycles. The van der Waals surface area contributed by atoms with Crippen LogP contribution >= 0.6 is 23.2 Å². The van der Waals surface area contributed by atoms with Gasteiger partial charge in [-0.3, -0.25) is 0 Å². The number of hydrogen-bond donors (Lipinski definition) is 2. The van der Waals surface area contributed by atoms with Gasteiger partial charge in [-0.25, -0.2) is 0 Å². The summed E-state index contributed by atoms with van der Waals surface area (Å²) in [6, 6.07) is 15.4. The molecule has 6 rings (SSSR count). The third-order valence-corrected chi connectivity index (χ3v) is 8.54. The molecule has 0 saturated heterocycles. The van der Waals surface area contributed by atoms with Crippen molar-refractivity contribution in [3.8, 4) is 11.8 Å². The summed E-state index contributed by atoms with van der Waals surface area (Å²) >= 11 is 12.1. The van der Waals surface area contributed by atoms with E-state index in [-0.39, 0.29) is 6.61 Å². The van der Waals surface area contributed by atoms with E-state index in [1.165, 1.54) is 32.1 Å². The number of benzene rings is 2. The zero-order chi connectivity index (χ0) is 23.7. The highest BCUT2D eigenvalue weighted by atomic mass is 35.5. The standard InChI is InChI=1S/C28H30Cl2N2O2/c29-26-6-3-20(13-27(26)30)23(14-31)8-17-1-4-25(5-2-17)34-16-24(33)15-32-28-21-9-18-7-19(11-21)12-22(28)10-18/h1-6,8,13,18-19,21-22,24,28,32-33H,7,9-12,15-16H2/b23-8+. The van der Waals surface area contributed by atoms with E-state index in [1.807, 2.05) is 24.3 Å². The van der Waals surface area contributed by atoms with Crippen molar-refractivity contribution >= 4 is 34.9 Å². The highest BCUT2D eigenvalue weighted by molar-refractivity contribution is 6.42. The van der Waals surface area contributed by atoms with Gasteiger partial charge >= 0.3 is 0 Å². The number of nitriles is 1. The van der Waals surface area contributed by atoms with Crippen molar-refractivity contribution < 1.29 is 9.84 Å². The van der Waals surface area contributed by atoms with Gasteiger partial charge in [-0.1, -0.05) is 41.4 Å². The van der Waals surface area contributed by atoms with Crippen molar-refractivity contribution in [1.82, 2.24) is 5.32 Å². The summed E-state index contributed by atoms with van der Waals surface area (Å²) in [5, 5.41) is 24.6. The van der Waals surface area contributed by atoms with Crippen LogP contribution in [0.5, 0.6) is 5.75 Å². The predicted molar refractivity (Wildman–Crippen MR) is 137 cm³/mol. The van der Waals surface area contributed by atoms with E-state index >= 15 is 0 Å². The summed E-state index contributed by atoms with van der Waals surface area (Å²) in [5.74, 6) is 4.21. The lowest BCUT2D eigenvalue weighted by Crippen LogP contribution is -2.55. The predicted octanol–water partition coefficient (Wildman–Crippen LogP) is 6.21. The molecule has 2 aromatic rings. The molecule has 4 aliphatic rings. The normalized spacial score (nSPS) is 28.5. The average Bonchev–Trinajstić information content (AvgIpc) is 2.83. The highest BCUT2D eigenvalue weighted by Crippen LogP contribution is 2.53. The van der Waals surface area contributed by atoms with Gasteiger partial charge in [-0.05, 0) is 97.2 Å². The molecule has 0 aromatic heterocycles. The van der Waals surface area contributed by atoms with Gasteiger partial charge in [0.25, 0.3) is 0 Å². The first kappa shape index (κ1) is 23.7. The maximum Gasteiger partial charge on any atom is 0.119 e. The molecular formula is C28H30Cl2N2O2. The van der Waals surface area contributed by atoms with Crippen LogP contribution in [0.2, 0.25) is 10.0 Å². The molecule has 2 aromatic carbocycles. The largest absolute Gasteiger partial charge is 0.491 e. The minimum atomic E-state index is -0.545. The van der Waals surface area contributed by atoms with E-state index in [1.54, 1.807) is 24.3 Å². The molecule has 6 heteroatoms. The average molecular weight is 497 g/mol. The lowest BCUT2D eigenvalue weighted by atomic mass is 9.54. The molecule has 0 aliphatic heterocycles. The lowest BCUT2D eigenvalue weighted by molar-refractivity contribution is -0.0188. The minimum absolute atomic E-state index is 0.252. The summed E-state index contributed by atoms with van der Waals surface area (Å²) in [7, 11) is 0. The van der Waals surface area contributed by atoms with Gasteiger partial charge in [0.05, 0.1) is 21.7 Å². The van der Waals surface area contributed by atoms with E-state index in [2.05, 4.69) is 11.4 Å².